The van der Waals surface area contributed by atoms with Crippen molar-refractivity contribution in [3.05, 3.63) is 40.9 Å². The summed E-state index contributed by atoms with van der Waals surface area (Å²) in [6.07, 6.45) is -1.25. The van der Waals surface area contributed by atoms with Crippen LogP contribution >= 0.6 is 34.5 Å². The summed E-state index contributed by atoms with van der Waals surface area (Å²) in [7, 11) is 0. The Bertz CT molecular complexity index is 682. The number of alkyl halides is 3. The van der Waals surface area contributed by atoms with Gasteiger partial charge < -0.3 is 15.5 Å². The molecule has 0 aliphatic heterocycles. The van der Waals surface area contributed by atoms with Crippen molar-refractivity contribution in [1.29, 1.82) is 0 Å². The highest BCUT2D eigenvalue weighted by Gasteiger charge is 2.25. The number of halogens is 3. The Hall–Kier alpha value is -1.25. The second-order valence-electron chi connectivity index (χ2n) is 4.94. The van der Waals surface area contributed by atoms with Gasteiger partial charge in [-0.25, -0.2) is 9.37 Å². The van der Waals surface area contributed by atoms with Crippen LogP contribution in [-0.4, -0.2) is 38.7 Å². The molecule has 0 bridgehead atoms. The molecule has 0 saturated heterocycles. The zero-order valence-corrected chi connectivity index (χ0v) is 14.7. The Morgan fingerprint density at radius 3 is 2.50 bits per heavy atom. The van der Waals surface area contributed by atoms with E-state index in [4.69, 9.17) is 28.3 Å². The zero-order valence-electron chi connectivity index (χ0n) is 12.3. The van der Waals surface area contributed by atoms with Crippen LogP contribution in [0.1, 0.15) is 17.4 Å². The maximum absolute atomic E-state index is 13.1. The fraction of sp³-hybridized carbons (Fsp3) is 0.333. The van der Waals surface area contributed by atoms with Crippen LogP contribution in [0, 0.1) is 0 Å². The number of hydrogen-bond acceptors (Lipinski definition) is 5. The minimum absolute atomic E-state index is 0.132. The summed E-state index contributed by atoms with van der Waals surface area (Å²) in [5.41, 5.74) is 1.82. The lowest BCUT2D eigenvalue weighted by Gasteiger charge is -2.22. The van der Waals surface area contributed by atoms with Crippen molar-refractivity contribution in [3.63, 3.8) is 0 Å². The maximum atomic E-state index is 13.1. The lowest BCUT2D eigenvalue weighted by atomic mass is 10.0. The Labute approximate surface area is 152 Å². The molecule has 1 aromatic carbocycles. The predicted octanol–water partition coefficient (Wildman–Crippen LogP) is 2.59. The second-order valence-corrected chi connectivity index (χ2v) is 6.89. The summed E-state index contributed by atoms with van der Waals surface area (Å²) >= 11 is 12.2. The molecule has 2 rings (SSSR count). The molecule has 0 aliphatic carbocycles. The molecule has 2 aromatic rings. The van der Waals surface area contributed by atoms with Crippen LogP contribution in [0.25, 0.3) is 10.6 Å². The maximum Gasteiger partial charge on any atom is 0.253 e. The number of carbonyl (C=O) groups excluding carboxylic acids is 1. The van der Waals surface area contributed by atoms with Gasteiger partial charge in [-0.05, 0) is 5.56 Å². The molecule has 0 spiro atoms. The van der Waals surface area contributed by atoms with Gasteiger partial charge in [0.05, 0.1) is 18.3 Å². The summed E-state index contributed by atoms with van der Waals surface area (Å²) < 4.78 is 13.1. The Kier molecular flexibility index (Phi) is 6.94. The summed E-state index contributed by atoms with van der Waals surface area (Å²) in [5, 5.41) is 24.0. The molecule has 0 radical (unpaired) electrons. The standard InChI is InChI=1S/C15H15Cl2FN2O3S/c16-13(17)14(23)20-11(5-18)12(22)8-1-3-9(4-2-8)15-19-10(6-21)7-24-15/h1-4,7,11-13,21-22H,5-6H2,(H,20,23)/t11-,12-/m1/s1. The van der Waals surface area contributed by atoms with Gasteiger partial charge >= 0.3 is 0 Å². The van der Waals surface area contributed by atoms with Gasteiger partial charge in [0.15, 0.2) is 4.84 Å². The summed E-state index contributed by atoms with van der Waals surface area (Å²) in [4.78, 5) is 14.3. The Morgan fingerprint density at radius 1 is 1.33 bits per heavy atom. The molecule has 9 heteroatoms. The first-order chi connectivity index (χ1) is 11.5. The SMILES string of the molecule is O=C(N[C@H](CF)[C@H](O)c1ccc(-c2nc(CO)cs2)cc1)C(Cl)Cl. The number of amides is 1. The molecule has 0 unspecified atom stereocenters. The number of benzene rings is 1. The molecular formula is C15H15Cl2FN2O3S. The minimum Gasteiger partial charge on any atom is -0.390 e. The summed E-state index contributed by atoms with van der Waals surface area (Å²) in [5.74, 6) is -0.768. The van der Waals surface area contributed by atoms with Crippen LogP contribution in [0.4, 0.5) is 4.39 Å². The molecule has 3 N–H and O–H groups in total. The smallest absolute Gasteiger partial charge is 0.253 e. The molecule has 5 nitrogen and oxygen atoms in total. The van der Waals surface area contributed by atoms with E-state index < -0.39 is 29.6 Å². The molecular weight excluding hydrogens is 378 g/mol. The van der Waals surface area contributed by atoms with Gasteiger partial charge in [-0.1, -0.05) is 47.5 Å². The van der Waals surface area contributed by atoms with Gasteiger partial charge in [-0.2, -0.15) is 0 Å². The van der Waals surface area contributed by atoms with Crippen molar-refractivity contribution in [2.45, 2.75) is 23.6 Å². The third-order valence-electron chi connectivity index (χ3n) is 3.29. The van der Waals surface area contributed by atoms with E-state index in [-0.39, 0.29) is 6.61 Å². The van der Waals surface area contributed by atoms with E-state index >= 15 is 0 Å². The number of nitrogens with one attached hydrogen (secondary N) is 1. The number of aromatic nitrogens is 1. The van der Waals surface area contributed by atoms with Crippen LogP contribution in [0.2, 0.25) is 0 Å². The Balaban J connectivity index is 2.12. The zero-order chi connectivity index (χ0) is 17.7. The van der Waals surface area contributed by atoms with Gasteiger partial charge in [0.2, 0.25) is 0 Å². The average molecular weight is 393 g/mol. The normalized spacial score (nSPS) is 13.8. The van der Waals surface area contributed by atoms with Crippen LogP contribution in [0.3, 0.4) is 0 Å². The number of hydrogen-bond donors (Lipinski definition) is 3. The van der Waals surface area contributed by atoms with E-state index in [9.17, 15) is 14.3 Å². The largest absolute Gasteiger partial charge is 0.390 e. The number of aliphatic hydroxyl groups excluding tert-OH is 2. The van der Waals surface area contributed by atoms with Gasteiger partial charge in [-0.15, -0.1) is 11.3 Å². The van der Waals surface area contributed by atoms with Gasteiger partial charge in [0, 0.05) is 10.9 Å². The van der Waals surface area contributed by atoms with Crippen LogP contribution in [-0.2, 0) is 11.4 Å². The van der Waals surface area contributed by atoms with E-state index in [0.29, 0.717) is 11.3 Å². The average Bonchev–Trinajstić information content (AvgIpc) is 3.08. The number of aliphatic hydroxyl groups is 2. The monoisotopic (exact) mass is 392 g/mol. The molecule has 2 atom stereocenters. The lowest BCUT2D eigenvalue weighted by molar-refractivity contribution is -0.121. The van der Waals surface area contributed by atoms with E-state index in [1.807, 2.05) is 0 Å². The molecule has 1 heterocycles. The van der Waals surface area contributed by atoms with Gasteiger partial charge in [0.1, 0.15) is 17.8 Å². The molecule has 24 heavy (non-hydrogen) atoms. The van der Waals surface area contributed by atoms with Gasteiger partial charge in [0.25, 0.3) is 5.91 Å². The van der Waals surface area contributed by atoms with Crippen LogP contribution < -0.4 is 5.32 Å². The number of thiazole rings is 1. The predicted molar refractivity (Wildman–Crippen MR) is 91.8 cm³/mol. The molecule has 1 aromatic heterocycles. The molecule has 0 saturated carbocycles. The first kappa shape index (κ1) is 19.1. The van der Waals surface area contributed by atoms with E-state index in [0.717, 1.165) is 10.6 Å². The molecule has 130 valence electrons. The summed E-state index contributed by atoms with van der Waals surface area (Å²) in [6, 6.07) is 5.54. The fourth-order valence-corrected chi connectivity index (χ4v) is 2.96. The second kappa shape index (κ2) is 8.73. The van der Waals surface area contributed by atoms with Crippen molar-refractivity contribution in [1.82, 2.24) is 10.3 Å². The van der Waals surface area contributed by atoms with E-state index in [1.54, 1.807) is 29.6 Å². The highest BCUT2D eigenvalue weighted by molar-refractivity contribution is 7.13. The highest BCUT2D eigenvalue weighted by atomic mass is 35.5. The fourth-order valence-electron chi connectivity index (χ4n) is 2.01. The van der Waals surface area contributed by atoms with E-state index in [1.165, 1.54) is 11.3 Å². The first-order valence-corrected chi connectivity index (χ1v) is 8.69. The van der Waals surface area contributed by atoms with E-state index in [2.05, 4.69) is 10.3 Å². The lowest BCUT2D eigenvalue weighted by Crippen LogP contribution is -2.43. The highest BCUT2D eigenvalue weighted by Crippen LogP contribution is 2.26. The van der Waals surface area contributed by atoms with Crippen molar-refractivity contribution in [3.8, 4) is 10.6 Å². The van der Waals surface area contributed by atoms with Gasteiger partial charge in [-0.3, -0.25) is 4.79 Å². The Morgan fingerprint density at radius 2 is 2.00 bits per heavy atom. The quantitative estimate of drug-likeness (QED) is 0.632. The van der Waals surface area contributed by atoms with Crippen LogP contribution in [0.15, 0.2) is 29.6 Å². The third kappa shape index (κ3) is 4.64. The molecule has 0 fully saturated rings. The minimum atomic E-state index is -1.33. The molecule has 1 amide bonds. The number of carbonyl (C=O) groups is 1. The van der Waals surface area contributed by atoms with Crippen LogP contribution in [0.5, 0.6) is 0 Å². The summed E-state index contributed by atoms with van der Waals surface area (Å²) in [6.45, 7) is -1.10. The third-order valence-corrected chi connectivity index (χ3v) is 4.62. The van der Waals surface area contributed by atoms with Crippen molar-refractivity contribution in [2.24, 2.45) is 0 Å². The first-order valence-electron chi connectivity index (χ1n) is 6.94. The molecule has 0 aliphatic rings. The van der Waals surface area contributed by atoms with Crippen molar-refractivity contribution >= 4 is 40.4 Å². The topological polar surface area (TPSA) is 82.5 Å². The van der Waals surface area contributed by atoms with Crippen molar-refractivity contribution in [2.75, 3.05) is 6.67 Å². The van der Waals surface area contributed by atoms with Crippen molar-refractivity contribution < 1.29 is 19.4 Å². The number of nitrogens with zero attached hydrogens (tertiary/aromatic N) is 1. The number of rotatable bonds is 7.